The number of nitrogens with zero attached hydrogens (tertiary/aromatic N) is 1. The van der Waals surface area contributed by atoms with Gasteiger partial charge in [0.25, 0.3) is 0 Å². The van der Waals surface area contributed by atoms with Crippen molar-refractivity contribution in [3.8, 4) is 0 Å². The summed E-state index contributed by atoms with van der Waals surface area (Å²) < 4.78 is 5.14. The van der Waals surface area contributed by atoms with Crippen molar-refractivity contribution >= 4 is 17.9 Å². The normalized spacial score (nSPS) is 24.2. The van der Waals surface area contributed by atoms with Crippen LogP contribution < -0.4 is 10.6 Å². The molecule has 2 aliphatic rings. The Bertz CT molecular complexity index is 472. The molecular weight excluding hydrogens is 298 g/mol. The molecule has 0 aromatic heterocycles. The van der Waals surface area contributed by atoms with Crippen LogP contribution in [0.2, 0.25) is 0 Å². The van der Waals surface area contributed by atoms with Gasteiger partial charge in [-0.05, 0) is 52.9 Å². The van der Waals surface area contributed by atoms with Crippen LogP contribution in [0.15, 0.2) is 0 Å². The number of amides is 3. The van der Waals surface area contributed by atoms with Crippen LogP contribution >= 0.6 is 0 Å². The minimum atomic E-state index is -0.505. The van der Waals surface area contributed by atoms with Crippen LogP contribution in [0, 0.1) is 0 Å². The largest absolute Gasteiger partial charge is 0.444 e. The SMILES string of the molecule is CC(C)(C)OC(=O)NCCCC[C@@H]1NC(=O)[C@@H]2CCCN2C1=O. The maximum atomic E-state index is 12.3. The Morgan fingerprint density at radius 3 is 2.78 bits per heavy atom. The summed E-state index contributed by atoms with van der Waals surface area (Å²) in [4.78, 5) is 37.5. The highest BCUT2D eigenvalue weighted by molar-refractivity contribution is 5.97. The summed E-state index contributed by atoms with van der Waals surface area (Å²) in [5.74, 6) is 0.00572. The zero-order chi connectivity index (χ0) is 17.0. The molecule has 2 saturated heterocycles. The molecule has 0 aliphatic carbocycles. The van der Waals surface area contributed by atoms with Crippen molar-refractivity contribution in [1.82, 2.24) is 15.5 Å². The molecule has 2 N–H and O–H groups in total. The molecule has 7 heteroatoms. The molecule has 2 aliphatic heterocycles. The van der Waals surface area contributed by atoms with Crippen LogP contribution in [-0.2, 0) is 14.3 Å². The van der Waals surface area contributed by atoms with E-state index >= 15 is 0 Å². The van der Waals surface area contributed by atoms with E-state index in [0.717, 1.165) is 25.7 Å². The maximum absolute atomic E-state index is 12.3. The van der Waals surface area contributed by atoms with Gasteiger partial charge in [0, 0.05) is 13.1 Å². The molecule has 7 nitrogen and oxygen atoms in total. The van der Waals surface area contributed by atoms with Crippen molar-refractivity contribution in [2.24, 2.45) is 0 Å². The molecule has 2 fully saturated rings. The van der Waals surface area contributed by atoms with Crippen LogP contribution in [0.4, 0.5) is 4.79 Å². The Morgan fingerprint density at radius 2 is 2.09 bits per heavy atom. The summed E-state index contributed by atoms with van der Waals surface area (Å²) in [6.07, 6.45) is 3.33. The van der Waals surface area contributed by atoms with Gasteiger partial charge in [0.15, 0.2) is 0 Å². The van der Waals surface area contributed by atoms with Gasteiger partial charge in [-0.15, -0.1) is 0 Å². The molecule has 0 aromatic rings. The molecule has 0 unspecified atom stereocenters. The predicted octanol–water partition coefficient (Wildman–Crippen LogP) is 1.17. The zero-order valence-electron chi connectivity index (χ0n) is 14.2. The van der Waals surface area contributed by atoms with E-state index in [1.54, 1.807) is 4.90 Å². The molecule has 0 spiro atoms. The molecule has 2 heterocycles. The second-order valence-electron chi connectivity index (χ2n) is 7.18. The quantitative estimate of drug-likeness (QED) is 0.743. The standard InChI is InChI=1S/C16H27N3O4/c1-16(2,3)23-15(22)17-9-5-4-7-11-14(21)19-10-6-8-12(19)13(20)18-11/h11-12H,4-10H2,1-3H3,(H,17,22)(H,18,20)/t11-,12-/m0/s1. The van der Waals surface area contributed by atoms with E-state index in [1.165, 1.54) is 0 Å². The van der Waals surface area contributed by atoms with Crippen LogP contribution in [0.1, 0.15) is 52.9 Å². The van der Waals surface area contributed by atoms with Gasteiger partial charge in [0.1, 0.15) is 17.7 Å². The summed E-state index contributed by atoms with van der Waals surface area (Å²) in [7, 11) is 0. The number of fused-ring (bicyclic) bond motifs is 1. The van der Waals surface area contributed by atoms with Crippen LogP contribution in [0.3, 0.4) is 0 Å². The summed E-state index contributed by atoms with van der Waals surface area (Å²) in [6.45, 7) is 6.63. The number of unbranched alkanes of at least 4 members (excludes halogenated alkanes) is 1. The number of nitrogens with one attached hydrogen (secondary N) is 2. The second kappa shape index (κ2) is 7.19. The van der Waals surface area contributed by atoms with E-state index in [1.807, 2.05) is 20.8 Å². The average molecular weight is 325 g/mol. The molecule has 0 bridgehead atoms. The van der Waals surface area contributed by atoms with Gasteiger partial charge in [-0.3, -0.25) is 9.59 Å². The highest BCUT2D eigenvalue weighted by Gasteiger charge is 2.42. The van der Waals surface area contributed by atoms with Gasteiger partial charge in [-0.25, -0.2) is 4.79 Å². The third kappa shape index (κ3) is 4.84. The van der Waals surface area contributed by atoms with E-state index in [2.05, 4.69) is 10.6 Å². The third-order valence-electron chi connectivity index (χ3n) is 4.04. The van der Waals surface area contributed by atoms with Crippen molar-refractivity contribution in [3.05, 3.63) is 0 Å². The van der Waals surface area contributed by atoms with Crippen molar-refractivity contribution in [2.45, 2.75) is 70.6 Å². The minimum absolute atomic E-state index is 0.0287. The third-order valence-corrected chi connectivity index (χ3v) is 4.04. The van der Waals surface area contributed by atoms with Crippen molar-refractivity contribution < 1.29 is 19.1 Å². The lowest BCUT2D eigenvalue weighted by Gasteiger charge is -2.34. The molecule has 130 valence electrons. The van der Waals surface area contributed by atoms with Gasteiger partial charge in [0.2, 0.25) is 11.8 Å². The number of rotatable bonds is 5. The summed E-state index contributed by atoms with van der Waals surface area (Å²) >= 11 is 0. The predicted molar refractivity (Wildman–Crippen MR) is 84.8 cm³/mol. The first-order valence-electron chi connectivity index (χ1n) is 8.35. The van der Waals surface area contributed by atoms with Gasteiger partial charge >= 0.3 is 6.09 Å². The number of carbonyl (C=O) groups excluding carboxylic acids is 3. The van der Waals surface area contributed by atoms with Gasteiger partial charge in [0.05, 0.1) is 0 Å². The van der Waals surface area contributed by atoms with Crippen molar-refractivity contribution in [1.29, 1.82) is 0 Å². The molecule has 0 aromatic carbocycles. The Morgan fingerprint density at radius 1 is 1.35 bits per heavy atom. The summed E-state index contributed by atoms with van der Waals surface area (Å²) in [5, 5.41) is 5.52. The lowest BCUT2D eigenvalue weighted by molar-refractivity contribution is -0.147. The van der Waals surface area contributed by atoms with Crippen LogP contribution in [-0.4, -0.2) is 53.6 Å². The lowest BCUT2D eigenvalue weighted by atomic mass is 10.0. The Labute approximate surface area is 137 Å². The fourth-order valence-corrected chi connectivity index (χ4v) is 3.01. The fraction of sp³-hybridized carbons (Fsp3) is 0.812. The zero-order valence-corrected chi connectivity index (χ0v) is 14.2. The van der Waals surface area contributed by atoms with E-state index in [0.29, 0.717) is 19.5 Å². The number of piperazine rings is 1. The molecule has 0 saturated carbocycles. The Kier molecular flexibility index (Phi) is 5.49. The van der Waals surface area contributed by atoms with Crippen molar-refractivity contribution in [3.63, 3.8) is 0 Å². The maximum Gasteiger partial charge on any atom is 0.407 e. The van der Waals surface area contributed by atoms with Crippen LogP contribution in [0.25, 0.3) is 0 Å². The average Bonchev–Trinajstić information content (AvgIpc) is 2.91. The first kappa shape index (κ1) is 17.6. The molecule has 23 heavy (non-hydrogen) atoms. The van der Waals surface area contributed by atoms with Crippen molar-refractivity contribution in [2.75, 3.05) is 13.1 Å². The number of hydrogen-bond donors (Lipinski definition) is 2. The highest BCUT2D eigenvalue weighted by Crippen LogP contribution is 2.23. The first-order chi connectivity index (χ1) is 10.8. The number of hydrogen-bond acceptors (Lipinski definition) is 4. The van der Waals surface area contributed by atoms with Gasteiger partial charge in [-0.1, -0.05) is 0 Å². The van der Waals surface area contributed by atoms with E-state index in [9.17, 15) is 14.4 Å². The molecule has 0 radical (unpaired) electrons. The Hall–Kier alpha value is -1.79. The fourth-order valence-electron chi connectivity index (χ4n) is 3.01. The highest BCUT2D eigenvalue weighted by atomic mass is 16.6. The number of carbonyl (C=O) groups is 3. The monoisotopic (exact) mass is 325 g/mol. The summed E-state index contributed by atoms with van der Waals surface area (Å²) in [6, 6.07) is -0.675. The summed E-state index contributed by atoms with van der Waals surface area (Å²) in [5.41, 5.74) is -0.505. The van der Waals surface area contributed by atoms with Crippen LogP contribution in [0.5, 0.6) is 0 Å². The van der Waals surface area contributed by atoms with Gasteiger partial charge < -0.3 is 20.3 Å². The Balaban J connectivity index is 1.65. The topological polar surface area (TPSA) is 87.7 Å². The second-order valence-corrected chi connectivity index (χ2v) is 7.18. The van der Waals surface area contributed by atoms with E-state index < -0.39 is 17.7 Å². The number of alkyl carbamates (subject to hydrolysis) is 1. The molecular formula is C16H27N3O4. The first-order valence-corrected chi connectivity index (χ1v) is 8.35. The molecule has 3 amide bonds. The minimum Gasteiger partial charge on any atom is -0.444 e. The molecule has 2 rings (SSSR count). The lowest BCUT2D eigenvalue weighted by Crippen LogP contribution is -2.61. The number of ether oxygens (including phenoxy) is 1. The molecule has 2 atom stereocenters. The van der Waals surface area contributed by atoms with Gasteiger partial charge in [-0.2, -0.15) is 0 Å². The van der Waals surface area contributed by atoms with E-state index in [-0.39, 0.29) is 17.9 Å². The van der Waals surface area contributed by atoms with E-state index in [4.69, 9.17) is 4.74 Å². The smallest absolute Gasteiger partial charge is 0.407 e.